The molecule has 0 amide bonds. The van der Waals surface area contributed by atoms with Crippen molar-refractivity contribution in [3.63, 3.8) is 0 Å². The van der Waals surface area contributed by atoms with Gasteiger partial charge in [0.2, 0.25) is 0 Å². The Kier molecular flexibility index (Phi) is 19.3. The van der Waals surface area contributed by atoms with Crippen molar-refractivity contribution in [3.05, 3.63) is 130 Å². The second-order valence-electron chi connectivity index (χ2n) is 15.9. The zero-order valence-electron chi connectivity index (χ0n) is 35.7. The van der Waals surface area contributed by atoms with Gasteiger partial charge >= 0.3 is 17.9 Å². The number of benzene rings is 3. The van der Waals surface area contributed by atoms with E-state index in [4.69, 9.17) is 33.2 Å². The van der Waals surface area contributed by atoms with Crippen LogP contribution in [0, 0.1) is 0 Å². The predicted octanol–water partition coefficient (Wildman–Crippen LogP) is 10.5. The number of carbonyl (C=O) groups is 3. The number of unbranched alkanes of at least 4 members (excludes halogenated alkanes) is 11. The van der Waals surface area contributed by atoms with Gasteiger partial charge in [0.25, 0.3) is 0 Å². The number of ether oxygens (including phenoxy) is 7. The molecule has 7 atom stereocenters. The van der Waals surface area contributed by atoms with Gasteiger partial charge in [-0.2, -0.15) is 0 Å². The number of carbonyl (C=O) groups excluding carboxylic acids is 3. The van der Waals surface area contributed by atoms with Gasteiger partial charge in [-0.25, -0.2) is 14.4 Å². The van der Waals surface area contributed by atoms with Crippen LogP contribution in [0.4, 0.5) is 0 Å². The maximum Gasteiger partial charge on any atom is 0.338 e. The molecule has 0 unspecified atom stereocenters. The van der Waals surface area contributed by atoms with Crippen LogP contribution in [0.5, 0.6) is 0 Å². The molecule has 2 fully saturated rings. The molecule has 2 heterocycles. The molecule has 2 aliphatic rings. The summed E-state index contributed by atoms with van der Waals surface area (Å²) < 4.78 is 43.1. The molecule has 3 aromatic carbocycles. The van der Waals surface area contributed by atoms with Crippen molar-refractivity contribution in [2.45, 2.75) is 146 Å². The molecule has 61 heavy (non-hydrogen) atoms. The van der Waals surface area contributed by atoms with Crippen molar-refractivity contribution in [2.75, 3.05) is 13.2 Å². The fourth-order valence-electron chi connectivity index (χ4n) is 7.44. The minimum absolute atomic E-state index is 0.244. The van der Waals surface area contributed by atoms with Crippen LogP contribution < -0.4 is 0 Å². The lowest BCUT2D eigenvalue weighted by molar-refractivity contribution is -0.282. The molecule has 13 nitrogen and oxygen atoms in total. The molecule has 0 spiro atoms. The van der Waals surface area contributed by atoms with E-state index < -0.39 is 66.5 Å². The van der Waals surface area contributed by atoms with E-state index in [0.29, 0.717) is 11.1 Å². The summed E-state index contributed by atoms with van der Waals surface area (Å²) >= 11 is 0. The van der Waals surface area contributed by atoms with Crippen LogP contribution >= 0.6 is 0 Å². The van der Waals surface area contributed by atoms with E-state index in [1.54, 1.807) is 111 Å². The number of rotatable bonds is 25. The zero-order valence-corrected chi connectivity index (χ0v) is 35.7. The third-order valence-electron chi connectivity index (χ3n) is 10.6. The number of nitrogens with zero attached hydrogens (tertiary/aromatic N) is 3. The average Bonchev–Trinajstić information content (AvgIpc) is 3.62. The van der Waals surface area contributed by atoms with Crippen molar-refractivity contribution in [1.29, 1.82) is 0 Å². The van der Waals surface area contributed by atoms with Crippen LogP contribution in [0.1, 0.15) is 129 Å². The number of hydrogen-bond acceptors (Lipinski definition) is 11. The standard InChI is InChI=1S/C48H61N3O10/c1-4-5-6-7-8-9-10-11-12-13-14-15-25-32-39(57-45(53)36-28-21-17-22-29-36)38(50-51-49)33-56-47-43(59-46(54)37-30-23-18-24-31-37)42-41(60-48(2,3)61-42)40(58-47)34-55-44(52)35-26-19-16-20-27-35/h16-32,38-43,47H,4-15,33-34H2,1-3H3/b32-25+/t38-,39+,40+,41-,42-,43+,47+/m0/s1. The molecule has 2 saturated heterocycles. The van der Waals surface area contributed by atoms with E-state index in [1.807, 2.05) is 6.08 Å². The summed E-state index contributed by atoms with van der Waals surface area (Å²) in [4.78, 5) is 43.0. The summed E-state index contributed by atoms with van der Waals surface area (Å²) in [5.74, 6) is -2.96. The Hall–Kier alpha value is -5.04. The molecule has 0 N–H and O–H groups in total. The van der Waals surface area contributed by atoms with Crippen LogP contribution in [0.3, 0.4) is 0 Å². The van der Waals surface area contributed by atoms with Gasteiger partial charge in [0, 0.05) is 4.91 Å². The fourth-order valence-corrected chi connectivity index (χ4v) is 7.44. The SMILES string of the molecule is CCCCCCCCCCCCC/C=C/[C@@H](OC(=O)c1ccccc1)[C@H](CO[C@@H]1O[C@H](COC(=O)c2ccccc2)[C@@H]2OC(C)(C)O[C@@H]2[C@H]1OC(=O)c1ccccc1)N=[N+]=[N-]. The first-order valence-corrected chi connectivity index (χ1v) is 21.8. The monoisotopic (exact) mass is 839 g/mol. The highest BCUT2D eigenvalue weighted by Crippen LogP contribution is 2.39. The van der Waals surface area contributed by atoms with Crippen molar-refractivity contribution in [2.24, 2.45) is 5.11 Å². The van der Waals surface area contributed by atoms with Crippen LogP contribution in [0.25, 0.3) is 10.4 Å². The van der Waals surface area contributed by atoms with Crippen LogP contribution in [0.2, 0.25) is 0 Å². The third kappa shape index (κ3) is 15.1. The van der Waals surface area contributed by atoms with E-state index in [9.17, 15) is 19.9 Å². The van der Waals surface area contributed by atoms with E-state index >= 15 is 0 Å². The first kappa shape index (κ1) is 47.0. The molecule has 5 rings (SSSR count). The van der Waals surface area contributed by atoms with Crippen molar-refractivity contribution in [1.82, 2.24) is 0 Å². The lowest BCUT2D eigenvalue weighted by atomic mass is 9.99. The lowest BCUT2D eigenvalue weighted by Gasteiger charge is -2.41. The molecule has 328 valence electrons. The Bertz CT molecular complexity index is 1850. The highest BCUT2D eigenvalue weighted by Gasteiger charge is 2.57. The second kappa shape index (κ2) is 25.0. The van der Waals surface area contributed by atoms with Gasteiger partial charge in [-0.1, -0.05) is 137 Å². The van der Waals surface area contributed by atoms with Crippen molar-refractivity contribution >= 4 is 17.9 Å². The number of esters is 3. The Morgan fingerprint density at radius 1 is 0.738 bits per heavy atom. The van der Waals surface area contributed by atoms with Gasteiger partial charge in [-0.15, -0.1) is 0 Å². The molecular formula is C48H61N3O10. The van der Waals surface area contributed by atoms with Gasteiger partial charge in [0.05, 0.1) is 23.3 Å². The van der Waals surface area contributed by atoms with E-state index in [-0.39, 0.29) is 18.8 Å². The summed E-state index contributed by atoms with van der Waals surface area (Å²) in [6, 6.07) is 24.5. The molecule has 0 bridgehead atoms. The summed E-state index contributed by atoms with van der Waals surface area (Å²) in [6.45, 7) is 5.11. The zero-order chi connectivity index (χ0) is 43.3. The largest absolute Gasteiger partial charge is 0.459 e. The van der Waals surface area contributed by atoms with Crippen LogP contribution in [-0.4, -0.2) is 79.8 Å². The lowest BCUT2D eigenvalue weighted by Crippen LogP contribution is -2.60. The van der Waals surface area contributed by atoms with Crippen LogP contribution in [-0.2, 0) is 33.2 Å². The maximum absolute atomic E-state index is 13.5. The van der Waals surface area contributed by atoms with Gasteiger partial charge < -0.3 is 33.2 Å². The Labute approximate surface area is 359 Å². The van der Waals surface area contributed by atoms with Crippen molar-refractivity contribution < 1.29 is 47.5 Å². The Morgan fingerprint density at radius 3 is 1.84 bits per heavy atom. The fraction of sp³-hybridized carbons (Fsp3) is 0.521. The minimum atomic E-state index is -1.32. The normalized spacial score (nSPS) is 21.5. The topological polar surface area (TPSA) is 165 Å². The first-order chi connectivity index (χ1) is 29.7. The predicted molar refractivity (Wildman–Crippen MR) is 230 cm³/mol. The summed E-state index contributed by atoms with van der Waals surface area (Å²) in [5.41, 5.74) is 10.7. The summed E-state index contributed by atoms with van der Waals surface area (Å²) in [6.07, 6.45) is 11.7. The smallest absolute Gasteiger partial charge is 0.338 e. The molecular weight excluding hydrogens is 779 g/mol. The van der Waals surface area contributed by atoms with E-state index in [2.05, 4.69) is 16.9 Å². The van der Waals surface area contributed by atoms with Gasteiger partial charge in [0.15, 0.2) is 18.2 Å². The first-order valence-electron chi connectivity index (χ1n) is 21.8. The van der Waals surface area contributed by atoms with E-state index in [1.165, 1.54) is 51.4 Å². The highest BCUT2D eigenvalue weighted by molar-refractivity contribution is 5.90. The van der Waals surface area contributed by atoms with Crippen LogP contribution in [0.15, 0.2) is 108 Å². The summed E-state index contributed by atoms with van der Waals surface area (Å²) in [7, 11) is 0. The van der Waals surface area contributed by atoms with Gasteiger partial charge in [-0.05, 0) is 74.7 Å². The van der Waals surface area contributed by atoms with Gasteiger partial charge in [-0.3, -0.25) is 0 Å². The number of fused-ring (bicyclic) bond motifs is 1. The number of azide groups is 1. The number of allylic oxidation sites excluding steroid dienone is 1. The average molecular weight is 840 g/mol. The molecule has 0 saturated carbocycles. The molecule has 0 aromatic heterocycles. The molecule has 3 aromatic rings. The molecule has 0 radical (unpaired) electrons. The Balaban J connectivity index is 1.31. The highest BCUT2D eigenvalue weighted by atomic mass is 16.8. The van der Waals surface area contributed by atoms with E-state index in [0.717, 1.165) is 25.7 Å². The third-order valence-corrected chi connectivity index (χ3v) is 10.6. The van der Waals surface area contributed by atoms with Gasteiger partial charge in [0.1, 0.15) is 37.1 Å². The number of hydrogen-bond donors (Lipinski definition) is 0. The molecule has 2 aliphatic heterocycles. The quantitative estimate of drug-likeness (QED) is 0.0152. The Morgan fingerprint density at radius 2 is 1.26 bits per heavy atom. The van der Waals surface area contributed by atoms with Crippen molar-refractivity contribution in [3.8, 4) is 0 Å². The summed E-state index contributed by atoms with van der Waals surface area (Å²) in [5, 5.41) is 4.01. The molecule has 13 heteroatoms. The maximum atomic E-state index is 13.5. The molecule has 0 aliphatic carbocycles. The second-order valence-corrected chi connectivity index (χ2v) is 15.9. The minimum Gasteiger partial charge on any atom is -0.459 e.